The van der Waals surface area contributed by atoms with Gasteiger partial charge >= 0.3 is 5.97 Å². The maximum Gasteiger partial charge on any atom is 0.335 e. The molecule has 142 valence electrons. The number of aliphatic hydroxyl groups is 1. The SMILES string of the molecule is CC[C@@]12CC[C@](O)(c3ccccc3)C[C@@H]1CCCc1cc(C(=O)O)ccc12. The normalized spacial score (nSPS) is 30.1. The first-order chi connectivity index (χ1) is 13.0. The Balaban J connectivity index is 1.74. The zero-order valence-corrected chi connectivity index (χ0v) is 15.9. The quantitative estimate of drug-likeness (QED) is 0.800. The first kappa shape index (κ1) is 18.2. The van der Waals surface area contributed by atoms with Gasteiger partial charge in [0.1, 0.15) is 0 Å². The Morgan fingerprint density at radius 1 is 1.15 bits per heavy atom. The lowest BCUT2D eigenvalue weighted by Gasteiger charge is -2.50. The van der Waals surface area contributed by atoms with Crippen molar-refractivity contribution < 1.29 is 15.0 Å². The highest BCUT2D eigenvalue weighted by Gasteiger charge is 2.50. The summed E-state index contributed by atoms with van der Waals surface area (Å²) in [6.07, 6.45) is 6.57. The Bertz CT molecular complexity index is 844. The molecule has 3 atom stereocenters. The minimum absolute atomic E-state index is 0.0455. The molecule has 3 nitrogen and oxygen atoms in total. The number of benzene rings is 2. The molecule has 2 aliphatic carbocycles. The fourth-order valence-electron chi connectivity index (χ4n) is 5.70. The van der Waals surface area contributed by atoms with Gasteiger partial charge in [0.05, 0.1) is 11.2 Å². The topological polar surface area (TPSA) is 57.5 Å². The Morgan fingerprint density at radius 3 is 2.63 bits per heavy atom. The van der Waals surface area contributed by atoms with Gasteiger partial charge in [0.25, 0.3) is 0 Å². The molecule has 0 aliphatic heterocycles. The van der Waals surface area contributed by atoms with Gasteiger partial charge in [-0.3, -0.25) is 0 Å². The maximum atomic E-state index is 11.5. The lowest BCUT2D eigenvalue weighted by Crippen LogP contribution is -2.46. The smallest absolute Gasteiger partial charge is 0.335 e. The predicted octanol–water partition coefficient (Wildman–Crippen LogP) is 5.06. The van der Waals surface area contributed by atoms with Gasteiger partial charge in [-0.1, -0.05) is 43.3 Å². The standard InChI is InChI=1S/C24H28O3/c1-2-23-13-14-24(27,19-8-4-3-5-9-19)16-20(23)10-6-7-17-15-18(22(25)26)11-12-21(17)23/h3-5,8-9,11-12,15,20,27H,2,6-7,10,13-14,16H2,1H3,(H,25,26)/t20-,23+,24+/m0/s1. The molecule has 2 aromatic rings. The van der Waals surface area contributed by atoms with Crippen LogP contribution in [-0.4, -0.2) is 16.2 Å². The van der Waals surface area contributed by atoms with Crippen LogP contribution in [0.1, 0.15) is 72.5 Å². The molecule has 0 aromatic heterocycles. The fraction of sp³-hybridized carbons (Fsp3) is 0.458. The molecule has 1 fully saturated rings. The van der Waals surface area contributed by atoms with Gasteiger partial charge in [-0.2, -0.15) is 0 Å². The van der Waals surface area contributed by atoms with E-state index < -0.39 is 11.6 Å². The molecule has 0 bridgehead atoms. The van der Waals surface area contributed by atoms with E-state index in [1.54, 1.807) is 6.07 Å². The number of aromatic carboxylic acids is 1. The molecular weight excluding hydrogens is 336 g/mol. The second-order valence-electron chi connectivity index (χ2n) is 8.38. The molecule has 1 saturated carbocycles. The number of rotatable bonds is 3. The summed E-state index contributed by atoms with van der Waals surface area (Å²) in [5.41, 5.74) is 3.23. The van der Waals surface area contributed by atoms with Crippen LogP contribution in [0.25, 0.3) is 0 Å². The summed E-state index contributed by atoms with van der Waals surface area (Å²) in [6.45, 7) is 2.25. The van der Waals surface area contributed by atoms with Crippen molar-refractivity contribution >= 4 is 5.97 Å². The maximum absolute atomic E-state index is 11.5. The van der Waals surface area contributed by atoms with Crippen LogP contribution in [-0.2, 0) is 17.4 Å². The Morgan fingerprint density at radius 2 is 1.93 bits per heavy atom. The first-order valence-electron chi connectivity index (χ1n) is 10.1. The molecule has 4 rings (SSSR count). The zero-order valence-electron chi connectivity index (χ0n) is 15.9. The van der Waals surface area contributed by atoms with E-state index in [0.717, 1.165) is 50.5 Å². The summed E-state index contributed by atoms with van der Waals surface area (Å²) in [6, 6.07) is 15.8. The third kappa shape index (κ3) is 2.98. The van der Waals surface area contributed by atoms with Crippen LogP contribution in [0.5, 0.6) is 0 Å². The molecule has 0 amide bonds. The van der Waals surface area contributed by atoms with Crippen molar-refractivity contribution in [3.05, 3.63) is 70.8 Å². The van der Waals surface area contributed by atoms with E-state index in [1.807, 2.05) is 36.4 Å². The first-order valence-corrected chi connectivity index (χ1v) is 10.1. The van der Waals surface area contributed by atoms with Crippen LogP contribution < -0.4 is 0 Å². The van der Waals surface area contributed by atoms with Gasteiger partial charge in [0.15, 0.2) is 0 Å². The van der Waals surface area contributed by atoms with E-state index in [2.05, 4.69) is 13.0 Å². The van der Waals surface area contributed by atoms with Crippen molar-refractivity contribution in [3.8, 4) is 0 Å². The number of carboxylic acids is 1. The fourth-order valence-corrected chi connectivity index (χ4v) is 5.70. The highest BCUT2D eigenvalue weighted by Crippen LogP contribution is 2.55. The van der Waals surface area contributed by atoms with E-state index in [0.29, 0.717) is 11.5 Å². The van der Waals surface area contributed by atoms with Gasteiger partial charge < -0.3 is 10.2 Å². The number of carbonyl (C=O) groups is 1. The molecule has 0 unspecified atom stereocenters. The Kier molecular flexibility index (Phi) is 4.59. The molecule has 2 aliphatic rings. The van der Waals surface area contributed by atoms with E-state index >= 15 is 0 Å². The van der Waals surface area contributed by atoms with Gasteiger partial charge in [0.2, 0.25) is 0 Å². The Hall–Kier alpha value is -2.13. The summed E-state index contributed by atoms with van der Waals surface area (Å²) < 4.78 is 0. The third-order valence-electron chi connectivity index (χ3n) is 7.18. The summed E-state index contributed by atoms with van der Waals surface area (Å²) in [4.78, 5) is 11.4. The van der Waals surface area contributed by atoms with E-state index in [1.165, 1.54) is 11.1 Å². The molecule has 0 spiro atoms. The second kappa shape index (κ2) is 6.79. The molecule has 0 radical (unpaired) electrons. The number of carboxylic acid groups (broad SMARTS) is 1. The molecule has 27 heavy (non-hydrogen) atoms. The van der Waals surface area contributed by atoms with Gasteiger partial charge in [0, 0.05) is 0 Å². The monoisotopic (exact) mass is 364 g/mol. The van der Waals surface area contributed by atoms with Crippen molar-refractivity contribution in [2.75, 3.05) is 0 Å². The summed E-state index contributed by atoms with van der Waals surface area (Å²) >= 11 is 0. The van der Waals surface area contributed by atoms with Crippen molar-refractivity contribution in [3.63, 3.8) is 0 Å². The lowest BCUT2D eigenvalue weighted by atomic mass is 9.56. The molecule has 2 N–H and O–H groups in total. The second-order valence-corrected chi connectivity index (χ2v) is 8.38. The average molecular weight is 364 g/mol. The average Bonchev–Trinajstić information content (AvgIpc) is 2.84. The van der Waals surface area contributed by atoms with Gasteiger partial charge in [-0.25, -0.2) is 4.79 Å². The van der Waals surface area contributed by atoms with E-state index in [9.17, 15) is 15.0 Å². The molecule has 0 saturated heterocycles. The molecular formula is C24H28O3. The summed E-state index contributed by atoms with van der Waals surface area (Å²) in [5, 5.41) is 20.8. The van der Waals surface area contributed by atoms with Crippen molar-refractivity contribution in [1.29, 1.82) is 0 Å². The number of hydrogen-bond acceptors (Lipinski definition) is 2. The van der Waals surface area contributed by atoms with Crippen molar-refractivity contribution in [2.45, 2.75) is 62.9 Å². The minimum Gasteiger partial charge on any atom is -0.478 e. The summed E-state index contributed by atoms with van der Waals surface area (Å²) in [7, 11) is 0. The van der Waals surface area contributed by atoms with Crippen LogP contribution in [0, 0.1) is 5.92 Å². The highest BCUT2D eigenvalue weighted by molar-refractivity contribution is 5.88. The largest absolute Gasteiger partial charge is 0.478 e. The lowest BCUT2D eigenvalue weighted by molar-refractivity contribution is -0.0533. The van der Waals surface area contributed by atoms with Crippen LogP contribution >= 0.6 is 0 Å². The molecule has 0 heterocycles. The predicted molar refractivity (Wildman–Crippen MR) is 106 cm³/mol. The van der Waals surface area contributed by atoms with Crippen LogP contribution in [0.15, 0.2) is 48.5 Å². The third-order valence-corrected chi connectivity index (χ3v) is 7.18. The van der Waals surface area contributed by atoms with E-state index in [-0.39, 0.29) is 5.41 Å². The minimum atomic E-state index is -0.855. The molecule has 2 aromatic carbocycles. The highest BCUT2D eigenvalue weighted by atomic mass is 16.4. The van der Waals surface area contributed by atoms with Crippen LogP contribution in [0.3, 0.4) is 0 Å². The number of hydrogen-bond donors (Lipinski definition) is 2. The Labute approximate surface area is 161 Å². The zero-order chi connectivity index (χ0) is 19.1. The van der Waals surface area contributed by atoms with Crippen LogP contribution in [0.4, 0.5) is 0 Å². The summed E-state index contributed by atoms with van der Waals surface area (Å²) in [5.74, 6) is -0.440. The van der Waals surface area contributed by atoms with Crippen molar-refractivity contribution in [1.82, 2.24) is 0 Å². The van der Waals surface area contributed by atoms with Crippen LogP contribution in [0.2, 0.25) is 0 Å². The van der Waals surface area contributed by atoms with Gasteiger partial charge in [-0.15, -0.1) is 0 Å². The molecule has 3 heteroatoms. The number of aryl methyl sites for hydroxylation is 1. The van der Waals surface area contributed by atoms with Crippen molar-refractivity contribution in [2.24, 2.45) is 5.92 Å². The van der Waals surface area contributed by atoms with Gasteiger partial charge in [-0.05, 0) is 85.1 Å². The van der Waals surface area contributed by atoms with E-state index in [4.69, 9.17) is 0 Å². The number of fused-ring (bicyclic) bond motifs is 3.